The number of rotatable bonds is 10. The molecule has 1 N–H and O–H groups in total. The van der Waals surface area contributed by atoms with Crippen LogP contribution in [0.3, 0.4) is 0 Å². The lowest BCUT2D eigenvalue weighted by Crippen LogP contribution is -2.38. The molecule has 1 aliphatic heterocycles. The minimum absolute atomic E-state index is 0.00835. The number of carbonyl (C=O) groups is 1. The van der Waals surface area contributed by atoms with Crippen molar-refractivity contribution in [2.24, 2.45) is 5.92 Å². The number of fused-ring (bicyclic) bond motifs is 1. The molecule has 1 saturated carbocycles. The van der Waals surface area contributed by atoms with Crippen molar-refractivity contribution in [3.63, 3.8) is 0 Å². The number of likely N-dealkylation sites (N-methyl/N-ethyl adjacent to an activating group) is 1. The first-order valence-electron chi connectivity index (χ1n) is 14.0. The second kappa shape index (κ2) is 11.3. The maximum absolute atomic E-state index is 12.3. The maximum atomic E-state index is 12.3. The summed E-state index contributed by atoms with van der Waals surface area (Å²) in [5.74, 6) is 1.27. The zero-order valence-electron chi connectivity index (χ0n) is 23.4. The Bertz CT molecular complexity index is 1400. The Balaban J connectivity index is 1.31. The van der Waals surface area contributed by atoms with Crippen molar-refractivity contribution in [1.29, 1.82) is 0 Å². The fraction of sp³-hybridized carbons (Fsp3) is 0.500. The number of nitrogens with one attached hydrogen (secondary N) is 1. The van der Waals surface area contributed by atoms with E-state index < -0.39 is 0 Å². The quantitative estimate of drug-likeness (QED) is 0.386. The van der Waals surface area contributed by atoms with Gasteiger partial charge in [0, 0.05) is 50.7 Å². The van der Waals surface area contributed by atoms with Gasteiger partial charge in [-0.2, -0.15) is 4.98 Å². The number of nitrogens with zero attached hydrogens (tertiary/aromatic N) is 6. The Morgan fingerprint density at radius 1 is 1.13 bits per heavy atom. The summed E-state index contributed by atoms with van der Waals surface area (Å²) in [6.07, 6.45) is 9.42. The lowest BCUT2D eigenvalue weighted by atomic mass is 9.97. The van der Waals surface area contributed by atoms with Crippen LogP contribution in [0, 0.1) is 5.92 Å². The summed E-state index contributed by atoms with van der Waals surface area (Å²) >= 11 is 0. The van der Waals surface area contributed by atoms with Crippen molar-refractivity contribution >= 4 is 22.9 Å². The number of carbonyl (C=O) groups excluding carboxylic acids is 1. The topological polar surface area (TPSA) is 96.3 Å². The van der Waals surface area contributed by atoms with Crippen LogP contribution in [0.4, 0.5) is 5.95 Å². The number of likely N-dealkylation sites (tertiary alicyclic amines) is 1. The molecule has 206 valence electrons. The van der Waals surface area contributed by atoms with Crippen LogP contribution in [0.25, 0.3) is 11.0 Å². The number of anilines is 1. The molecule has 1 amide bonds. The Labute approximate surface area is 230 Å². The summed E-state index contributed by atoms with van der Waals surface area (Å²) in [7, 11) is 1.88. The van der Waals surface area contributed by atoms with Crippen LogP contribution >= 0.6 is 0 Å². The molecule has 2 fully saturated rings. The van der Waals surface area contributed by atoms with Gasteiger partial charge in [-0.15, -0.1) is 0 Å². The van der Waals surface area contributed by atoms with E-state index in [1.165, 1.54) is 30.7 Å². The first kappa shape index (κ1) is 27.0. The Morgan fingerprint density at radius 3 is 2.49 bits per heavy atom. The standard InChI is InChI=1S/C30H39N7O2/c1-6-27(38)35(5)25-13-14-36(18-25)26(15-21-7-8-21)23-11-9-22(10-12-23)20(4)33-29-31-16-24-17-32-30(39)37(19(2)3)28(24)34-29/h6,9-12,16-17,19-21,25-26H,1,7-8,13-15,18H2,2-5H3,(H,31,33,34)/t20-,25-,26?/m0/s1. The molecule has 3 aromatic rings. The third-order valence-electron chi connectivity index (χ3n) is 8.19. The third kappa shape index (κ3) is 5.88. The summed E-state index contributed by atoms with van der Waals surface area (Å²) in [5, 5.41) is 4.14. The van der Waals surface area contributed by atoms with Crippen molar-refractivity contribution in [1.82, 2.24) is 29.3 Å². The molecule has 3 heterocycles. The van der Waals surface area contributed by atoms with Gasteiger partial charge in [-0.25, -0.2) is 14.8 Å². The van der Waals surface area contributed by atoms with Crippen LogP contribution in [-0.4, -0.2) is 61.4 Å². The van der Waals surface area contributed by atoms with E-state index in [2.05, 4.69) is 62.9 Å². The average Bonchev–Trinajstić information content (AvgIpc) is 3.63. The predicted octanol–water partition coefficient (Wildman–Crippen LogP) is 4.50. The highest BCUT2D eigenvalue weighted by atomic mass is 16.2. The smallest absolute Gasteiger partial charge is 0.348 e. The number of aromatic nitrogens is 4. The van der Waals surface area contributed by atoms with Crippen LogP contribution in [0.5, 0.6) is 0 Å². The average molecular weight is 530 g/mol. The lowest BCUT2D eigenvalue weighted by molar-refractivity contribution is -0.126. The summed E-state index contributed by atoms with van der Waals surface area (Å²) in [4.78, 5) is 41.9. The largest absolute Gasteiger partial charge is 0.349 e. The highest BCUT2D eigenvalue weighted by Gasteiger charge is 2.35. The van der Waals surface area contributed by atoms with Gasteiger partial charge in [0.25, 0.3) is 0 Å². The Morgan fingerprint density at radius 2 is 1.82 bits per heavy atom. The van der Waals surface area contributed by atoms with Gasteiger partial charge in [0.2, 0.25) is 11.9 Å². The SMILES string of the molecule is C=CC(=O)N(C)[C@H]1CCN(C(CC2CC2)c2ccc([C@H](C)Nc3ncc4cnc(=O)n(C(C)C)c4n3)cc2)C1. The molecule has 3 atom stereocenters. The molecule has 1 aliphatic carbocycles. The Kier molecular flexibility index (Phi) is 7.79. The molecule has 2 aromatic heterocycles. The lowest BCUT2D eigenvalue weighted by Gasteiger charge is -2.30. The second-order valence-electron chi connectivity index (χ2n) is 11.3. The van der Waals surface area contributed by atoms with Gasteiger partial charge >= 0.3 is 5.69 Å². The predicted molar refractivity (Wildman–Crippen MR) is 153 cm³/mol. The van der Waals surface area contributed by atoms with E-state index in [0.29, 0.717) is 17.6 Å². The van der Waals surface area contributed by atoms with Gasteiger partial charge in [0.1, 0.15) is 0 Å². The molecular weight excluding hydrogens is 490 g/mol. The third-order valence-corrected chi connectivity index (χ3v) is 8.19. The van der Waals surface area contributed by atoms with E-state index in [4.69, 9.17) is 0 Å². The van der Waals surface area contributed by atoms with Gasteiger partial charge in [0.15, 0.2) is 5.65 Å². The number of benzene rings is 1. The minimum atomic E-state index is -0.310. The van der Waals surface area contributed by atoms with E-state index in [1.807, 2.05) is 25.8 Å². The molecule has 9 heteroatoms. The molecule has 0 bridgehead atoms. The molecule has 39 heavy (non-hydrogen) atoms. The molecular formula is C30H39N7O2. The summed E-state index contributed by atoms with van der Waals surface area (Å²) in [6, 6.07) is 9.37. The number of hydrogen-bond donors (Lipinski definition) is 1. The molecule has 0 radical (unpaired) electrons. The minimum Gasteiger partial charge on any atom is -0.348 e. The fourth-order valence-electron chi connectivity index (χ4n) is 5.62. The molecule has 1 saturated heterocycles. The van der Waals surface area contributed by atoms with Crippen molar-refractivity contribution in [3.05, 3.63) is 70.9 Å². The van der Waals surface area contributed by atoms with Gasteiger partial charge in [-0.1, -0.05) is 43.7 Å². The molecule has 2 aliphatic rings. The van der Waals surface area contributed by atoms with Gasteiger partial charge in [-0.05, 0) is 56.7 Å². The van der Waals surface area contributed by atoms with Crippen molar-refractivity contribution in [2.75, 3.05) is 25.5 Å². The van der Waals surface area contributed by atoms with Crippen LogP contribution in [0.15, 0.2) is 54.1 Å². The van der Waals surface area contributed by atoms with E-state index >= 15 is 0 Å². The van der Waals surface area contributed by atoms with Crippen molar-refractivity contribution in [3.8, 4) is 0 Å². The van der Waals surface area contributed by atoms with E-state index in [9.17, 15) is 9.59 Å². The fourth-order valence-corrected chi connectivity index (χ4v) is 5.62. The Hall–Kier alpha value is -3.59. The van der Waals surface area contributed by atoms with E-state index in [1.54, 1.807) is 10.8 Å². The molecule has 1 unspecified atom stereocenters. The summed E-state index contributed by atoms with van der Waals surface area (Å²) in [6.45, 7) is 11.5. The maximum Gasteiger partial charge on any atom is 0.349 e. The monoisotopic (exact) mass is 529 g/mol. The van der Waals surface area contributed by atoms with Gasteiger partial charge in [-0.3, -0.25) is 14.3 Å². The first-order chi connectivity index (χ1) is 18.7. The van der Waals surface area contributed by atoms with Gasteiger partial charge in [0.05, 0.1) is 11.4 Å². The van der Waals surface area contributed by atoms with Crippen molar-refractivity contribution in [2.45, 2.75) is 70.6 Å². The normalized spacial score (nSPS) is 19.3. The molecule has 1 aromatic carbocycles. The highest BCUT2D eigenvalue weighted by Crippen LogP contribution is 2.41. The summed E-state index contributed by atoms with van der Waals surface area (Å²) < 4.78 is 1.59. The van der Waals surface area contributed by atoms with E-state index in [-0.39, 0.29) is 29.7 Å². The zero-order chi connectivity index (χ0) is 27.7. The number of hydrogen-bond acceptors (Lipinski definition) is 7. The van der Waals surface area contributed by atoms with Crippen LogP contribution in [0.1, 0.15) is 75.7 Å². The van der Waals surface area contributed by atoms with Gasteiger partial charge < -0.3 is 10.2 Å². The second-order valence-corrected chi connectivity index (χ2v) is 11.3. The first-order valence-corrected chi connectivity index (χ1v) is 14.0. The van der Waals surface area contributed by atoms with Crippen molar-refractivity contribution < 1.29 is 4.79 Å². The molecule has 5 rings (SSSR count). The van der Waals surface area contributed by atoms with Crippen LogP contribution in [-0.2, 0) is 4.79 Å². The summed E-state index contributed by atoms with van der Waals surface area (Å²) in [5.41, 5.74) is 2.73. The highest BCUT2D eigenvalue weighted by molar-refractivity contribution is 5.87. The number of amides is 1. The van der Waals surface area contributed by atoms with Crippen LogP contribution in [0.2, 0.25) is 0 Å². The zero-order valence-corrected chi connectivity index (χ0v) is 23.4. The molecule has 0 spiro atoms. The van der Waals surface area contributed by atoms with E-state index in [0.717, 1.165) is 42.8 Å². The van der Waals surface area contributed by atoms with Crippen LogP contribution < -0.4 is 11.0 Å². The molecule has 9 nitrogen and oxygen atoms in total.